The zero-order valence-corrected chi connectivity index (χ0v) is 11.5. The van der Waals surface area contributed by atoms with Crippen LogP contribution in [0.3, 0.4) is 0 Å². The van der Waals surface area contributed by atoms with Gasteiger partial charge in [-0.15, -0.1) is 0 Å². The van der Waals surface area contributed by atoms with Crippen molar-refractivity contribution in [3.63, 3.8) is 0 Å². The van der Waals surface area contributed by atoms with Gasteiger partial charge in [-0.25, -0.2) is 0 Å². The van der Waals surface area contributed by atoms with Crippen molar-refractivity contribution in [2.45, 2.75) is 45.1 Å². The number of carbonyl (C=O) groups excluding carboxylic acids is 1. The molecule has 0 bridgehead atoms. The molecule has 2 rings (SSSR count). The van der Waals surface area contributed by atoms with E-state index < -0.39 is 5.91 Å². The first-order valence-electron chi connectivity index (χ1n) is 7.04. The maximum absolute atomic E-state index is 11.5. The number of carbonyl (C=O) groups is 1. The molecule has 5 N–H and O–H groups in total. The quantitative estimate of drug-likeness (QED) is 0.578. The van der Waals surface area contributed by atoms with E-state index in [-0.39, 0.29) is 0 Å². The number of hydrogen-bond acceptors (Lipinski definition) is 3. The van der Waals surface area contributed by atoms with Gasteiger partial charge in [-0.1, -0.05) is 26.2 Å². The molecule has 1 aliphatic carbocycles. The minimum absolute atomic E-state index is 0.391. The minimum Gasteiger partial charge on any atom is -0.399 e. The average Bonchev–Trinajstić information content (AvgIpc) is 2.55. The van der Waals surface area contributed by atoms with Crippen molar-refractivity contribution in [2.75, 3.05) is 11.1 Å². The molecule has 104 valence electrons. The molecule has 0 radical (unpaired) electrons. The van der Waals surface area contributed by atoms with E-state index in [1.807, 2.05) is 0 Å². The number of primary amides is 1. The molecule has 4 heteroatoms. The first-order chi connectivity index (χ1) is 9.08. The fraction of sp³-hybridized carbons (Fsp3) is 0.533. The van der Waals surface area contributed by atoms with Crippen molar-refractivity contribution >= 4 is 17.3 Å². The van der Waals surface area contributed by atoms with E-state index in [0.717, 1.165) is 12.1 Å². The number of rotatable bonds is 3. The lowest BCUT2D eigenvalue weighted by Crippen LogP contribution is -2.28. The Morgan fingerprint density at radius 1 is 1.26 bits per heavy atom. The number of nitrogens with two attached hydrogens (primary N) is 2. The van der Waals surface area contributed by atoms with Crippen LogP contribution in [0.5, 0.6) is 0 Å². The summed E-state index contributed by atoms with van der Waals surface area (Å²) in [4.78, 5) is 11.5. The fourth-order valence-electron chi connectivity index (χ4n) is 2.80. The largest absolute Gasteiger partial charge is 0.399 e. The lowest BCUT2D eigenvalue weighted by molar-refractivity contribution is 0.100. The molecule has 2 unspecified atom stereocenters. The number of nitrogens with one attached hydrogen (secondary N) is 1. The van der Waals surface area contributed by atoms with Gasteiger partial charge in [0.25, 0.3) is 5.91 Å². The van der Waals surface area contributed by atoms with Crippen LogP contribution in [-0.2, 0) is 0 Å². The highest BCUT2D eigenvalue weighted by Gasteiger charge is 2.21. The predicted octanol–water partition coefficient (Wildman–Crippen LogP) is 2.75. The van der Waals surface area contributed by atoms with Gasteiger partial charge in [-0.05, 0) is 37.0 Å². The standard InChI is InChI=1S/C15H23N3O/c1-10-5-3-2-4-6-13(10)18-14-9-11(16)7-8-12(14)15(17)19/h7-10,13,18H,2-6,16H2,1H3,(H2,17,19). The predicted molar refractivity (Wildman–Crippen MR) is 79.0 cm³/mol. The number of nitrogen functional groups attached to an aromatic ring is 1. The second kappa shape index (κ2) is 5.95. The van der Waals surface area contributed by atoms with Crippen molar-refractivity contribution in [1.82, 2.24) is 0 Å². The van der Waals surface area contributed by atoms with Crippen molar-refractivity contribution in [1.29, 1.82) is 0 Å². The molecule has 0 spiro atoms. The van der Waals surface area contributed by atoms with E-state index in [4.69, 9.17) is 11.5 Å². The van der Waals surface area contributed by atoms with Crippen LogP contribution >= 0.6 is 0 Å². The first kappa shape index (κ1) is 13.7. The van der Waals surface area contributed by atoms with Crippen LogP contribution in [0.4, 0.5) is 11.4 Å². The monoisotopic (exact) mass is 261 g/mol. The zero-order chi connectivity index (χ0) is 13.8. The van der Waals surface area contributed by atoms with E-state index in [0.29, 0.717) is 23.2 Å². The van der Waals surface area contributed by atoms with Crippen molar-refractivity contribution in [3.8, 4) is 0 Å². The third kappa shape index (κ3) is 3.40. The van der Waals surface area contributed by atoms with Crippen molar-refractivity contribution in [3.05, 3.63) is 23.8 Å². The molecule has 1 aromatic rings. The van der Waals surface area contributed by atoms with Gasteiger partial charge >= 0.3 is 0 Å². The normalized spacial score (nSPS) is 23.6. The summed E-state index contributed by atoms with van der Waals surface area (Å²) in [5.41, 5.74) is 13.2. The molecule has 0 heterocycles. The van der Waals surface area contributed by atoms with Gasteiger partial charge in [0.1, 0.15) is 0 Å². The summed E-state index contributed by atoms with van der Waals surface area (Å²) in [6.07, 6.45) is 6.18. The Hall–Kier alpha value is -1.71. The average molecular weight is 261 g/mol. The first-order valence-corrected chi connectivity index (χ1v) is 7.04. The summed E-state index contributed by atoms with van der Waals surface area (Å²) in [6, 6.07) is 5.60. The van der Waals surface area contributed by atoms with Gasteiger partial charge in [0.15, 0.2) is 0 Å². The molecular formula is C15H23N3O. The van der Waals surface area contributed by atoms with Gasteiger partial charge in [0.2, 0.25) is 0 Å². The summed E-state index contributed by atoms with van der Waals surface area (Å²) in [5, 5.41) is 3.48. The van der Waals surface area contributed by atoms with Crippen LogP contribution in [-0.4, -0.2) is 11.9 Å². The molecule has 1 fully saturated rings. The Kier molecular flexibility index (Phi) is 4.30. The molecule has 1 aromatic carbocycles. The Labute approximate surface area is 114 Å². The molecule has 4 nitrogen and oxygen atoms in total. The highest BCUT2D eigenvalue weighted by molar-refractivity contribution is 5.99. The Balaban J connectivity index is 2.21. The lowest BCUT2D eigenvalue weighted by atomic mass is 9.96. The fourth-order valence-corrected chi connectivity index (χ4v) is 2.80. The SMILES string of the molecule is CC1CCCCCC1Nc1cc(N)ccc1C(N)=O. The highest BCUT2D eigenvalue weighted by atomic mass is 16.1. The highest BCUT2D eigenvalue weighted by Crippen LogP contribution is 2.28. The topological polar surface area (TPSA) is 81.1 Å². The van der Waals surface area contributed by atoms with E-state index in [1.165, 1.54) is 25.7 Å². The molecule has 1 amide bonds. The summed E-state index contributed by atoms with van der Waals surface area (Å²) >= 11 is 0. The van der Waals surface area contributed by atoms with Gasteiger partial charge in [-0.2, -0.15) is 0 Å². The Morgan fingerprint density at radius 2 is 2.00 bits per heavy atom. The summed E-state index contributed by atoms with van der Waals surface area (Å²) in [6.45, 7) is 2.26. The summed E-state index contributed by atoms with van der Waals surface area (Å²) in [5.74, 6) is 0.188. The molecule has 0 aliphatic heterocycles. The molecular weight excluding hydrogens is 238 g/mol. The summed E-state index contributed by atoms with van der Waals surface area (Å²) in [7, 11) is 0. The second-order valence-electron chi connectivity index (χ2n) is 5.54. The third-order valence-electron chi connectivity index (χ3n) is 4.01. The van der Waals surface area contributed by atoms with Crippen LogP contribution < -0.4 is 16.8 Å². The smallest absolute Gasteiger partial charge is 0.250 e. The van der Waals surface area contributed by atoms with E-state index in [9.17, 15) is 4.79 Å². The van der Waals surface area contributed by atoms with E-state index in [2.05, 4.69) is 12.2 Å². The minimum atomic E-state index is -0.413. The van der Waals surface area contributed by atoms with E-state index in [1.54, 1.807) is 18.2 Å². The Bertz CT molecular complexity index is 459. The number of amides is 1. The zero-order valence-electron chi connectivity index (χ0n) is 11.5. The van der Waals surface area contributed by atoms with Gasteiger partial charge in [-0.3, -0.25) is 4.79 Å². The third-order valence-corrected chi connectivity index (χ3v) is 4.01. The molecule has 2 atom stereocenters. The lowest BCUT2D eigenvalue weighted by Gasteiger charge is -2.25. The van der Waals surface area contributed by atoms with Crippen LogP contribution in [0, 0.1) is 5.92 Å². The maximum Gasteiger partial charge on any atom is 0.250 e. The van der Waals surface area contributed by atoms with Gasteiger partial charge < -0.3 is 16.8 Å². The Morgan fingerprint density at radius 3 is 2.74 bits per heavy atom. The molecule has 0 aromatic heterocycles. The molecule has 1 saturated carbocycles. The van der Waals surface area contributed by atoms with Crippen LogP contribution in [0.1, 0.15) is 49.4 Å². The number of anilines is 2. The molecule has 0 saturated heterocycles. The van der Waals surface area contributed by atoms with Gasteiger partial charge in [0.05, 0.1) is 5.56 Å². The van der Waals surface area contributed by atoms with E-state index >= 15 is 0 Å². The second-order valence-corrected chi connectivity index (χ2v) is 5.54. The molecule has 19 heavy (non-hydrogen) atoms. The van der Waals surface area contributed by atoms with Crippen LogP contribution in [0.2, 0.25) is 0 Å². The van der Waals surface area contributed by atoms with Crippen LogP contribution in [0.25, 0.3) is 0 Å². The summed E-state index contributed by atoms with van der Waals surface area (Å²) < 4.78 is 0. The maximum atomic E-state index is 11.5. The van der Waals surface area contributed by atoms with Crippen molar-refractivity contribution in [2.24, 2.45) is 11.7 Å². The van der Waals surface area contributed by atoms with Gasteiger partial charge in [0, 0.05) is 17.4 Å². The van der Waals surface area contributed by atoms with Crippen LogP contribution in [0.15, 0.2) is 18.2 Å². The number of hydrogen-bond donors (Lipinski definition) is 3. The molecule has 1 aliphatic rings. The van der Waals surface area contributed by atoms with Crippen molar-refractivity contribution < 1.29 is 4.79 Å². The number of benzene rings is 1.